The normalized spacial score (nSPS) is 11.8. The largest absolute Gasteiger partial charge is 0.495 e. The van der Waals surface area contributed by atoms with E-state index in [0.29, 0.717) is 17.2 Å². The van der Waals surface area contributed by atoms with Crippen molar-refractivity contribution in [2.24, 2.45) is 0 Å². The fraction of sp³-hybridized carbons (Fsp3) is 0.294. The molecule has 23 heavy (non-hydrogen) atoms. The molecule has 0 unspecified atom stereocenters. The molecule has 0 aliphatic rings. The molecule has 0 aliphatic heterocycles. The summed E-state index contributed by atoms with van der Waals surface area (Å²) in [7, 11) is -2.20. The van der Waals surface area contributed by atoms with Crippen LogP contribution in [-0.2, 0) is 10.0 Å². The number of para-hydroxylation sites is 2. The van der Waals surface area contributed by atoms with E-state index in [9.17, 15) is 8.42 Å². The molecule has 1 N–H and O–H groups in total. The summed E-state index contributed by atoms with van der Waals surface area (Å²) in [5.74, 6) is 1.08. The monoisotopic (exact) mass is 335 g/mol. The van der Waals surface area contributed by atoms with Crippen LogP contribution in [0.3, 0.4) is 0 Å². The molecule has 0 aliphatic carbocycles. The van der Waals surface area contributed by atoms with Gasteiger partial charge in [0.2, 0.25) is 0 Å². The third-order valence-corrected chi connectivity index (χ3v) is 4.29. The summed E-state index contributed by atoms with van der Waals surface area (Å²) in [6.07, 6.45) is 0. The number of benzene rings is 2. The van der Waals surface area contributed by atoms with Crippen LogP contribution in [0.4, 0.5) is 5.69 Å². The number of sulfonamides is 1. The van der Waals surface area contributed by atoms with Gasteiger partial charge in [0.1, 0.15) is 17.1 Å². The number of methoxy groups -OCH3 is 1. The van der Waals surface area contributed by atoms with E-state index in [1.54, 1.807) is 36.4 Å². The summed E-state index contributed by atoms with van der Waals surface area (Å²) >= 11 is 0. The Morgan fingerprint density at radius 1 is 0.957 bits per heavy atom. The number of nitrogens with one attached hydrogen (secondary N) is 1. The fourth-order valence-electron chi connectivity index (χ4n) is 1.97. The second-order valence-corrected chi connectivity index (χ2v) is 7.67. The summed E-state index contributed by atoms with van der Waals surface area (Å²) in [6, 6.07) is 13.2. The maximum absolute atomic E-state index is 12.5. The van der Waals surface area contributed by atoms with Crippen molar-refractivity contribution >= 4 is 15.7 Å². The molecule has 0 aromatic heterocycles. The molecular weight excluding hydrogens is 314 g/mol. The second kappa shape index (κ2) is 6.50. The van der Waals surface area contributed by atoms with Gasteiger partial charge < -0.3 is 9.47 Å². The Bertz CT molecular complexity index is 762. The first-order valence-corrected chi connectivity index (χ1v) is 8.64. The molecule has 0 radical (unpaired) electrons. The number of ether oxygens (including phenoxy) is 2. The van der Waals surface area contributed by atoms with Crippen molar-refractivity contribution in [1.82, 2.24) is 0 Å². The predicted octanol–water partition coefficient (Wildman–Crippen LogP) is 3.67. The standard InChI is InChI=1S/C17H21NO4S/c1-17(2,3)22-13-9-11-14(12-10-13)23(19,20)18-15-7-5-6-8-16(15)21-4/h5-12,18H,1-4H3. The molecule has 5 nitrogen and oxygen atoms in total. The Labute approximate surface area is 137 Å². The quantitative estimate of drug-likeness (QED) is 0.905. The zero-order valence-electron chi connectivity index (χ0n) is 13.7. The third-order valence-electron chi connectivity index (χ3n) is 2.91. The molecule has 0 amide bonds. The van der Waals surface area contributed by atoms with E-state index < -0.39 is 10.0 Å². The highest BCUT2D eigenvalue weighted by Crippen LogP contribution is 2.27. The lowest BCUT2D eigenvalue weighted by atomic mass is 10.2. The average molecular weight is 335 g/mol. The van der Waals surface area contributed by atoms with Crippen LogP contribution in [-0.4, -0.2) is 21.1 Å². The van der Waals surface area contributed by atoms with Crippen LogP contribution in [0.1, 0.15) is 20.8 Å². The minimum Gasteiger partial charge on any atom is -0.495 e. The van der Waals surface area contributed by atoms with E-state index in [0.717, 1.165) is 0 Å². The van der Waals surface area contributed by atoms with Crippen LogP contribution >= 0.6 is 0 Å². The van der Waals surface area contributed by atoms with Crippen LogP contribution in [0.2, 0.25) is 0 Å². The van der Waals surface area contributed by atoms with Crippen molar-refractivity contribution in [1.29, 1.82) is 0 Å². The van der Waals surface area contributed by atoms with Gasteiger partial charge in [-0.3, -0.25) is 4.72 Å². The van der Waals surface area contributed by atoms with E-state index in [-0.39, 0.29) is 10.5 Å². The highest BCUT2D eigenvalue weighted by atomic mass is 32.2. The Morgan fingerprint density at radius 3 is 2.13 bits per heavy atom. The third kappa shape index (κ3) is 4.63. The molecule has 0 bridgehead atoms. The Hall–Kier alpha value is -2.21. The Balaban J connectivity index is 2.23. The average Bonchev–Trinajstić information content (AvgIpc) is 2.46. The van der Waals surface area contributed by atoms with Crippen molar-refractivity contribution in [2.45, 2.75) is 31.3 Å². The minimum absolute atomic E-state index is 0.157. The molecular formula is C17H21NO4S. The van der Waals surface area contributed by atoms with Gasteiger partial charge in [-0.1, -0.05) is 12.1 Å². The zero-order chi connectivity index (χ0) is 17.1. The highest BCUT2D eigenvalue weighted by molar-refractivity contribution is 7.92. The molecule has 0 saturated heterocycles. The Morgan fingerprint density at radius 2 is 1.57 bits per heavy atom. The van der Waals surface area contributed by atoms with Crippen molar-refractivity contribution in [3.05, 3.63) is 48.5 Å². The molecule has 0 saturated carbocycles. The van der Waals surface area contributed by atoms with Gasteiger partial charge in [0.25, 0.3) is 10.0 Å². The summed E-state index contributed by atoms with van der Waals surface area (Å²) in [4.78, 5) is 0.157. The van der Waals surface area contributed by atoms with Gasteiger partial charge in [-0.2, -0.15) is 0 Å². The van der Waals surface area contributed by atoms with E-state index in [2.05, 4.69) is 4.72 Å². The predicted molar refractivity (Wildman–Crippen MR) is 90.6 cm³/mol. The second-order valence-electron chi connectivity index (χ2n) is 5.99. The molecule has 0 spiro atoms. The van der Waals surface area contributed by atoms with Gasteiger partial charge in [0, 0.05) is 0 Å². The van der Waals surface area contributed by atoms with Crippen LogP contribution < -0.4 is 14.2 Å². The van der Waals surface area contributed by atoms with E-state index >= 15 is 0 Å². The smallest absolute Gasteiger partial charge is 0.262 e. The molecule has 124 valence electrons. The molecule has 0 heterocycles. The number of rotatable bonds is 5. The van der Waals surface area contributed by atoms with Gasteiger partial charge in [-0.25, -0.2) is 8.42 Å². The summed E-state index contributed by atoms with van der Waals surface area (Å²) in [5, 5.41) is 0. The van der Waals surface area contributed by atoms with Crippen LogP contribution in [0.25, 0.3) is 0 Å². The summed E-state index contributed by atoms with van der Waals surface area (Å²) in [6.45, 7) is 5.79. The van der Waals surface area contributed by atoms with Crippen molar-refractivity contribution in [2.75, 3.05) is 11.8 Å². The number of hydrogen-bond acceptors (Lipinski definition) is 4. The van der Waals surface area contributed by atoms with E-state index in [4.69, 9.17) is 9.47 Å². The number of anilines is 1. The molecule has 2 rings (SSSR count). The van der Waals surface area contributed by atoms with Crippen molar-refractivity contribution < 1.29 is 17.9 Å². The van der Waals surface area contributed by atoms with Crippen molar-refractivity contribution in [3.8, 4) is 11.5 Å². The van der Waals surface area contributed by atoms with Gasteiger partial charge in [0.15, 0.2) is 0 Å². The SMILES string of the molecule is COc1ccccc1NS(=O)(=O)c1ccc(OC(C)(C)C)cc1. The molecule has 0 atom stereocenters. The first-order valence-electron chi connectivity index (χ1n) is 7.16. The van der Waals surface area contributed by atoms with Gasteiger partial charge in [-0.05, 0) is 57.2 Å². The summed E-state index contributed by atoms with van der Waals surface area (Å²) in [5.41, 5.74) is 0.0563. The molecule has 0 fully saturated rings. The lowest BCUT2D eigenvalue weighted by Crippen LogP contribution is -2.23. The highest BCUT2D eigenvalue weighted by Gasteiger charge is 2.17. The maximum Gasteiger partial charge on any atom is 0.262 e. The van der Waals surface area contributed by atoms with Crippen LogP contribution in [0.15, 0.2) is 53.4 Å². The topological polar surface area (TPSA) is 64.6 Å². The minimum atomic E-state index is -3.69. The molecule has 6 heteroatoms. The van der Waals surface area contributed by atoms with E-state index in [1.807, 2.05) is 20.8 Å². The maximum atomic E-state index is 12.5. The fourth-order valence-corrected chi connectivity index (χ4v) is 3.04. The number of hydrogen-bond donors (Lipinski definition) is 1. The summed E-state index contributed by atoms with van der Waals surface area (Å²) < 4.78 is 38.3. The lowest BCUT2D eigenvalue weighted by molar-refractivity contribution is 0.131. The Kier molecular flexibility index (Phi) is 4.85. The lowest BCUT2D eigenvalue weighted by Gasteiger charge is -2.21. The first kappa shape index (κ1) is 17.1. The van der Waals surface area contributed by atoms with E-state index in [1.165, 1.54) is 19.2 Å². The van der Waals surface area contributed by atoms with Crippen molar-refractivity contribution in [3.63, 3.8) is 0 Å². The first-order chi connectivity index (χ1) is 10.7. The van der Waals surface area contributed by atoms with Crippen LogP contribution in [0.5, 0.6) is 11.5 Å². The zero-order valence-corrected chi connectivity index (χ0v) is 14.5. The molecule has 2 aromatic carbocycles. The van der Waals surface area contributed by atoms with Gasteiger partial charge >= 0.3 is 0 Å². The van der Waals surface area contributed by atoms with Crippen LogP contribution in [0, 0.1) is 0 Å². The van der Waals surface area contributed by atoms with Gasteiger partial charge in [0.05, 0.1) is 17.7 Å². The molecule has 2 aromatic rings. The van der Waals surface area contributed by atoms with Gasteiger partial charge in [-0.15, -0.1) is 0 Å².